The molecule has 0 spiro atoms. The number of nitrogens with zero attached hydrogens (tertiary/aromatic N) is 1. The number of carbonyl (C=O) groups is 1. The molecule has 0 aliphatic heterocycles. The standard InChI is InChI=1S/C15H17N3O/c1-12-6-5-9-17-14(12)10-16-11-15(19)18-13-7-3-2-4-8-13/h2-9,16H,10-11H2,1H3,(H,18,19). The van der Waals surface area contributed by atoms with E-state index in [0.29, 0.717) is 6.54 Å². The molecule has 2 N–H and O–H groups in total. The number of benzene rings is 1. The highest BCUT2D eigenvalue weighted by molar-refractivity contribution is 5.92. The van der Waals surface area contributed by atoms with Crippen molar-refractivity contribution in [3.8, 4) is 0 Å². The van der Waals surface area contributed by atoms with Crippen molar-refractivity contribution in [1.82, 2.24) is 10.3 Å². The van der Waals surface area contributed by atoms with Crippen molar-refractivity contribution < 1.29 is 4.79 Å². The van der Waals surface area contributed by atoms with Gasteiger partial charge in [0.1, 0.15) is 0 Å². The molecule has 0 atom stereocenters. The van der Waals surface area contributed by atoms with Crippen LogP contribution >= 0.6 is 0 Å². The predicted octanol–water partition coefficient (Wildman–Crippen LogP) is 2.12. The molecule has 1 aromatic heterocycles. The summed E-state index contributed by atoms with van der Waals surface area (Å²) >= 11 is 0. The number of anilines is 1. The van der Waals surface area contributed by atoms with Crippen LogP contribution in [0.2, 0.25) is 0 Å². The number of hydrogen-bond acceptors (Lipinski definition) is 3. The van der Waals surface area contributed by atoms with Gasteiger partial charge in [0.25, 0.3) is 0 Å². The minimum absolute atomic E-state index is 0.0558. The summed E-state index contributed by atoms with van der Waals surface area (Å²) in [5.41, 5.74) is 2.90. The van der Waals surface area contributed by atoms with Crippen LogP contribution in [0.3, 0.4) is 0 Å². The first-order valence-corrected chi connectivity index (χ1v) is 6.22. The molecule has 98 valence electrons. The molecule has 4 heteroatoms. The van der Waals surface area contributed by atoms with Crippen molar-refractivity contribution in [3.05, 3.63) is 59.9 Å². The van der Waals surface area contributed by atoms with E-state index < -0.39 is 0 Å². The summed E-state index contributed by atoms with van der Waals surface area (Å²) < 4.78 is 0. The van der Waals surface area contributed by atoms with E-state index in [2.05, 4.69) is 15.6 Å². The second-order valence-corrected chi connectivity index (χ2v) is 4.28. The highest BCUT2D eigenvalue weighted by Gasteiger charge is 2.03. The summed E-state index contributed by atoms with van der Waals surface area (Å²) in [6.07, 6.45) is 1.76. The van der Waals surface area contributed by atoms with Gasteiger partial charge in [0, 0.05) is 18.4 Å². The Bertz CT molecular complexity index is 540. The van der Waals surface area contributed by atoms with Crippen molar-refractivity contribution in [3.63, 3.8) is 0 Å². The lowest BCUT2D eigenvalue weighted by molar-refractivity contribution is -0.115. The van der Waals surface area contributed by atoms with E-state index >= 15 is 0 Å². The molecule has 0 aliphatic carbocycles. The first kappa shape index (κ1) is 13.2. The van der Waals surface area contributed by atoms with E-state index in [1.54, 1.807) is 6.20 Å². The van der Waals surface area contributed by atoms with Crippen LogP contribution in [-0.2, 0) is 11.3 Å². The maximum atomic E-state index is 11.7. The minimum atomic E-state index is -0.0558. The average molecular weight is 255 g/mol. The van der Waals surface area contributed by atoms with Crippen molar-refractivity contribution in [1.29, 1.82) is 0 Å². The molecular weight excluding hydrogens is 238 g/mol. The minimum Gasteiger partial charge on any atom is -0.325 e. The molecular formula is C15H17N3O. The van der Waals surface area contributed by atoms with E-state index in [-0.39, 0.29) is 12.5 Å². The van der Waals surface area contributed by atoms with Gasteiger partial charge in [0.15, 0.2) is 0 Å². The number of rotatable bonds is 5. The van der Waals surface area contributed by atoms with Gasteiger partial charge in [0.2, 0.25) is 5.91 Å². The lowest BCUT2D eigenvalue weighted by Crippen LogP contribution is -2.28. The van der Waals surface area contributed by atoms with Crippen LogP contribution in [0.5, 0.6) is 0 Å². The zero-order valence-corrected chi connectivity index (χ0v) is 10.9. The second kappa shape index (κ2) is 6.66. The summed E-state index contributed by atoms with van der Waals surface area (Å²) in [5.74, 6) is -0.0558. The van der Waals surface area contributed by atoms with E-state index in [9.17, 15) is 4.79 Å². The molecule has 0 fully saturated rings. The summed E-state index contributed by atoms with van der Waals surface area (Å²) in [7, 11) is 0. The van der Waals surface area contributed by atoms with E-state index in [0.717, 1.165) is 16.9 Å². The van der Waals surface area contributed by atoms with Crippen LogP contribution in [0, 0.1) is 6.92 Å². The Morgan fingerprint density at radius 1 is 1.16 bits per heavy atom. The Kier molecular flexibility index (Phi) is 4.64. The number of carbonyl (C=O) groups excluding carboxylic acids is 1. The molecule has 0 saturated heterocycles. The zero-order valence-electron chi connectivity index (χ0n) is 10.9. The van der Waals surface area contributed by atoms with Crippen LogP contribution in [0.15, 0.2) is 48.7 Å². The van der Waals surface area contributed by atoms with Crippen LogP contribution in [0.1, 0.15) is 11.3 Å². The first-order chi connectivity index (χ1) is 9.25. The molecule has 4 nitrogen and oxygen atoms in total. The Morgan fingerprint density at radius 3 is 2.68 bits per heavy atom. The fourth-order valence-electron chi connectivity index (χ4n) is 1.72. The number of nitrogens with one attached hydrogen (secondary N) is 2. The van der Waals surface area contributed by atoms with Crippen molar-refractivity contribution >= 4 is 11.6 Å². The van der Waals surface area contributed by atoms with E-state index in [4.69, 9.17) is 0 Å². The second-order valence-electron chi connectivity index (χ2n) is 4.28. The number of amides is 1. The van der Waals surface area contributed by atoms with Gasteiger partial charge in [-0.2, -0.15) is 0 Å². The fraction of sp³-hybridized carbons (Fsp3) is 0.200. The third-order valence-electron chi connectivity index (χ3n) is 2.75. The Balaban J connectivity index is 1.77. The molecule has 0 aliphatic rings. The Hall–Kier alpha value is -2.20. The van der Waals surface area contributed by atoms with Crippen molar-refractivity contribution in [2.24, 2.45) is 0 Å². The van der Waals surface area contributed by atoms with E-state index in [1.807, 2.05) is 49.4 Å². The van der Waals surface area contributed by atoms with Crippen LogP contribution in [-0.4, -0.2) is 17.4 Å². The Morgan fingerprint density at radius 2 is 1.95 bits per heavy atom. The van der Waals surface area contributed by atoms with Gasteiger partial charge in [-0.1, -0.05) is 24.3 Å². The van der Waals surface area contributed by atoms with Gasteiger partial charge in [-0.15, -0.1) is 0 Å². The molecule has 1 aromatic carbocycles. The van der Waals surface area contributed by atoms with Crippen LogP contribution < -0.4 is 10.6 Å². The summed E-state index contributed by atoms with van der Waals surface area (Å²) in [6, 6.07) is 13.3. The molecule has 0 bridgehead atoms. The Labute approximate surface area is 112 Å². The zero-order chi connectivity index (χ0) is 13.5. The molecule has 0 saturated carbocycles. The molecule has 2 rings (SSSR count). The maximum absolute atomic E-state index is 11.7. The molecule has 0 unspecified atom stereocenters. The number of aryl methyl sites for hydroxylation is 1. The van der Waals surface area contributed by atoms with Gasteiger partial charge in [-0.3, -0.25) is 9.78 Å². The van der Waals surface area contributed by atoms with Crippen LogP contribution in [0.25, 0.3) is 0 Å². The number of hydrogen-bond donors (Lipinski definition) is 2. The summed E-state index contributed by atoms with van der Waals surface area (Å²) in [4.78, 5) is 16.0. The molecule has 0 radical (unpaired) electrons. The predicted molar refractivity (Wildman–Crippen MR) is 75.8 cm³/mol. The molecule has 1 heterocycles. The lowest BCUT2D eigenvalue weighted by atomic mass is 10.2. The van der Waals surface area contributed by atoms with Gasteiger partial charge in [0.05, 0.1) is 12.2 Å². The quantitative estimate of drug-likeness (QED) is 0.860. The molecule has 1 amide bonds. The number of aromatic nitrogens is 1. The van der Waals surface area contributed by atoms with E-state index in [1.165, 1.54) is 0 Å². The highest BCUT2D eigenvalue weighted by Crippen LogP contribution is 2.04. The third kappa shape index (κ3) is 4.19. The SMILES string of the molecule is Cc1cccnc1CNCC(=O)Nc1ccccc1. The molecule has 2 aromatic rings. The third-order valence-corrected chi connectivity index (χ3v) is 2.75. The van der Waals surface area contributed by atoms with Crippen molar-refractivity contribution in [2.75, 3.05) is 11.9 Å². The summed E-state index contributed by atoms with van der Waals surface area (Å²) in [6.45, 7) is 2.87. The number of para-hydroxylation sites is 1. The highest BCUT2D eigenvalue weighted by atomic mass is 16.1. The van der Waals surface area contributed by atoms with Crippen molar-refractivity contribution in [2.45, 2.75) is 13.5 Å². The van der Waals surface area contributed by atoms with Gasteiger partial charge < -0.3 is 10.6 Å². The van der Waals surface area contributed by atoms with Crippen LogP contribution in [0.4, 0.5) is 5.69 Å². The average Bonchev–Trinajstić information content (AvgIpc) is 2.42. The smallest absolute Gasteiger partial charge is 0.238 e. The first-order valence-electron chi connectivity index (χ1n) is 6.22. The van der Waals surface area contributed by atoms with Gasteiger partial charge >= 0.3 is 0 Å². The number of pyridine rings is 1. The van der Waals surface area contributed by atoms with Gasteiger partial charge in [-0.25, -0.2) is 0 Å². The van der Waals surface area contributed by atoms with Gasteiger partial charge in [-0.05, 0) is 30.7 Å². The topological polar surface area (TPSA) is 54.0 Å². The normalized spacial score (nSPS) is 10.2. The lowest BCUT2D eigenvalue weighted by Gasteiger charge is -2.07. The molecule has 19 heavy (non-hydrogen) atoms. The largest absolute Gasteiger partial charge is 0.325 e. The monoisotopic (exact) mass is 255 g/mol. The fourth-order valence-corrected chi connectivity index (χ4v) is 1.72. The summed E-state index contributed by atoms with van der Waals surface area (Å²) in [5, 5.41) is 5.91. The maximum Gasteiger partial charge on any atom is 0.238 e.